The number of rotatable bonds is 4. The van der Waals surface area contributed by atoms with Crippen LogP contribution in [0.4, 0.5) is 0 Å². The van der Waals surface area contributed by atoms with E-state index in [0.29, 0.717) is 11.4 Å². The summed E-state index contributed by atoms with van der Waals surface area (Å²) in [5.41, 5.74) is 1.05. The summed E-state index contributed by atoms with van der Waals surface area (Å²) in [6.45, 7) is 3.77. The summed E-state index contributed by atoms with van der Waals surface area (Å²) in [6, 6.07) is 6.10. The minimum atomic E-state index is -1.04. The number of phenols is 1. The van der Waals surface area contributed by atoms with E-state index in [9.17, 15) is 14.7 Å². The first kappa shape index (κ1) is 13.9. The van der Waals surface area contributed by atoms with Gasteiger partial charge in [-0.3, -0.25) is 14.7 Å². The third-order valence-corrected chi connectivity index (χ3v) is 3.03. The lowest BCUT2D eigenvalue weighted by Crippen LogP contribution is -2.19. The van der Waals surface area contributed by atoms with Gasteiger partial charge in [-0.25, -0.2) is 4.68 Å². The maximum absolute atomic E-state index is 12.3. The van der Waals surface area contributed by atoms with Crippen LogP contribution >= 0.6 is 0 Å². The predicted molar refractivity (Wildman–Crippen MR) is 73.5 cm³/mol. The van der Waals surface area contributed by atoms with Gasteiger partial charge in [-0.05, 0) is 30.2 Å². The van der Waals surface area contributed by atoms with Crippen molar-refractivity contribution in [3.8, 4) is 11.4 Å². The number of nitrogens with one attached hydrogen (secondary N) is 1. The Kier molecular flexibility index (Phi) is 3.65. The van der Waals surface area contributed by atoms with Crippen LogP contribution in [0.3, 0.4) is 0 Å². The minimum Gasteiger partial charge on any atom is -0.508 e. The summed E-state index contributed by atoms with van der Waals surface area (Å²) < 4.78 is 1.30. The Morgan fingerprint density at radius 1 is 1.30 bits per heavy atom. The molecule has 0 aliphatic heterocycles. The second-order valence-electron chi connectivity index (χ2n) is 4.89. The van der Waals surface area contributed by atoms with Crippen molar-refractivity contribution >= 4 is 5.97 Å². The molecule has 0 spiro atoms. The van der Waals surface area contributed by atoms with E-state index in [-0.39, 0.29) is 29.2 Å². The molecule has 0 aliphatic carbocycles. The third kappa shape index (κ3) is 2.59. The Morgan fingerprint density at radius 3 is 2.40 bits per heavy atom. The summed E-state index contributed by atoms with van der Waals surface area (Å²) in [6.07, 6.45) is -0.312. The van der Waals surface area contributed by atoms with E-state index in [1.54, 1.807) is 12.1 Å². The number of phenolic OH excluding ortho intramolecular Hbond substituents is 1. The van der Waals surface area contributed by atoms with Gasteiger partial charge in [-0.15, -0.1) is 0 Å². The molecule has 0 atom stereocenters. The van der Waals surface area contributed by atoms with E-state index in [0.717, 1.165) is 0 Å². The number of aromatic nitrogens is 2. The molecule has 0 radical (unpaired) electrons. The minimum absolute atomic E-state index is 0.00964. The molecule has 0 bridgehead atoms. The highest BCUT2D eigenvalue weighted by Gasteiger charge is 2.19. The molecule has 1 aromatic carbocycles. The predicted octanol–water partition coefficient (Wildman–Crippen LogP) is 1.62. The molecule has 0 aliphatic rings. The largest absolute Gasteiger partial charge is 0.508 e. The van der Waals surface area contributed by atoms with Crippen LogP contribution in [0.1, 0.15) is 31.0 Å². The van der Waals surface area contributed by atoms with E-state index >= 15 is 0 Å². The Labute approximate surface area is 115 Å². The number of hydrogen-bond donors (Lipinski definition) is 3. The molecule has 1 aromatic heterocycles. The van der Waals surface area contributed by atoms with Crippen molar-refractivity contribution < 1.29 is 15.0 Å². The average Bonchev–Trinajstić information content (AvgIpc) is 2.68. The van der Waals surface area contributed by atoms with Crippen LogP contribution in [0.25, 0.3) is 5.69 Å². The normalized spacial score (nSPS) is 10.9. The Hall–Kier alpha value is -2.50. The van der Waals surface area contributed by atoms with Gasteiger partial charge in [0.05, 0.1) is 17.7 Å². The molecule has 0 unspecified atom stereocenters. The number of benzene rings is 1. The van der Waals surface area contributed by atoms with E-state index in [1.165, 1.54) is 16.8 Å². The molecular weight excluding hydrogens is 260 g/mol. The molecule has 6 heteroatoms. The first-order chi connectivity index (χ1) is 9.40. The number of aromatic hydroxyl groups is 1. The molecule has 0 fully saturated rings. The van der Waals surface area contributed by atoms with Crippen molar-refractivity contribution in [1.29, 1.82) is 0 Å². The van der Waals surface area contributed by atoms with Gasteiger partial charge in [0, 0.05) is 5.69 Å². The van der Waals surface area contributed by atoms with Crippen LogP contribution in [0.2, 0.25) is 0 Å². The zero-order chi connectivity index (χ0) is 14.9. The second-order valence-corrected chi connectivity index (χ2v) is 4.89. The number of H-pyrrole nitrogens is 1. The average molecular weight is 276 g/mol. The van der Waals surface area contributed by atoms with Crippen LogP contribution in [0.5, 0.6) is 5.75 Å². The fourth-order valence-corrected chi connectivity index (χ4v) is 2.07. The lowest BCUT2D eigenvalue weighted by molar-refractivity contribution is -0.136. The van der Waals surface area contributed by atoms with Crippen LogP contribution in [0.15, 0.2) is 29.1 Å². The van der Waals surface area contributed by atoms with Crippen LogP contribution in [-0.2, 0) is 11.2 Å². The number of carboxylic acids is 1. The lowest BCUT2D eigenvalue weighted by atomic mass is 10.0. The fourth-order valence-electron chi connectivity index (χ4n) is 2.07. The number of aliphatic carboxylic acids is 1. The van der Waals surface area contributed by atoms with Gasteiger partial charge in [0.15, 0.2) is 0 Å². The molecule has 106 valence electrons. The fraction of sp³-hybridized carbons (Fsp3) is 0.286. The summed E-state index contributed by atoms with van der Waals surface area (Å²) in [7, 11) is 0. The molecule has 0 saturated carbocycles. The third-order valence-electron chi connectivity index (χ3n) is 3.03. The summed E-state index contributed by atoms with van der Waals surface area (Å²) in [5.74, 6) is -0.931. The molecule has 2 rings (SSSR count). The number of aromatic amines is 1. The van der Waals surface area contributed by atoms with Crippen molar-refractivity contribution in [2.24, 2.45) is 0 Å². The van der Waals surface area contributed by atoms with Gasteiger partial charge in [0.1, 0.15) is 5.75 Å². The highest BCUT2D eigenvalue weighted by atomic mass is 16.4. The topological polar surface area (TPSA) is 95.3 Å². The monoisotopic (exact) mass is 276 g/mol. The molecule has 2 aromatic rings. The maximum Gasteiger partial charge on any atom is 0.308 e. The number of hydrogen-bond acceptors (Lipinski definition) is 3. The Balaban J connectivity index is 2.58. The standard InChI is InChI=1S/C14H16N2O4/c1-8(2)13-11(7-12(18)19)14(20)16(15-13)9-3-5-10(17)6-4-9/h3-6,8,15,17H,7H2,1-2H3,(H,18,19). The number of nitrogens with zero attached hydrogens (tertiary/aromatic N) is 1. The van der Waals surface area contributed by atoms with Crippen molar-refractivity contribution in [2.45, 2.75) is 26.2 Å². The highest BCUT2D eigenvalue weighted by Crippen LogP contribution is 2.18. The number of carbonyl (C=O) groups is 1. The SMILES string of the molecule is CC(C)c1[nH]n(-c2ccc(O)cc2)c(=O)c1CC(=O)O. The Bertz CT molecular complexity index is 680. The van der Waals surface area contributed by atoms with Crippen molar-refractivity contribution in [2.75, 3.05) is 0 Å². The van der Waals surface area contributed by atoms with Crippen molar-refractivity contribution in [3.05, 3.63) is 45.9 Å². The van der Waals surface area contributed by atoms with E-state index in [1.807, 2.05) is 13.8 Å². The smallest absolute Gasteiger partial charge is 0.308 e. The van der Waals surface area contributed by atoms with Gasteiger partial charge in [-0.2, -0.15) is 0 Å². The van der Waals surface area contributed by atoms with E-state index in [4.69, 9.17) is 5.11 Å². The summed E-state index contributed by atoms with van der Waals surface area (Å²) in [4.78, 5) is 23.2. The molecule has 6 nitrogen and oxygen atoms in total. The molecule has 0 saturated heterocycles. The van der Waals surface area contributed by atoms with E-state index < -0.39 is 5.97 Å². The second kappa shape index (κ2) is 5.24. The quantitative estimate of drug-likeness (QED) is 0.790. The van der Waals surface area contributed by atoms with Gasteiger partial charge in [0.25, 0.3) is 5.56 Å². The zero-order valence-electron chi connectivity index (χ0n) is 11.3. The van der Waals surface area contributed by atoms with Gasteiger partial charge >= 0.3 is 5.97 Å². The summed E-state index contributed by atoms with van der Waals surface area (Å²) >= 11 is 0. The number of carboxylic acid groups (broad SMARTS) is 1. The first-order valence-corrected chi connectivity index (χ1v) is 6.25. The highest BCUT2D eigenvalue weighted by molar-refractivity contribution is 5.70. The van der Waals surface area contributed by atoms with Crippen molar-refractivity contribution in [3.63, 3.8) is 0 Å². The van der Waals surface area contributed by atoms with E-state index in [2.05, 4.69) is 5.10 Å². The van der Waals surface area contributed by atoms with Crippen LogP contribution < -0.4 is 5.56 Å². The maximum atomic E-state index is 12.3. The zero-order valence-corrected chi connectivity index (χ0v) is 11.3. The Morgan fingerprint density at radius 2 is 1.90 bits per heavy atom. The molecular formula is C14H16N2O4. The molecule has 0 amide bonds. The summed E-state index contributed by atoms with van der Waals surface area (Å²) in [5, 5.41) is 21.1. The van der Waals surface area contributed by atoms with Gasteiger partial charge in [0.2, 0.25) is 0 Å². The van der Waals surface area contributed by atoms with Crippen LogP contribution in [-0.4, -0.2) is 26.0 Å². The van der Waals surface area contributed by atoms with Gasteiger partial charge in [-0.1, -0.05) is 13.8 Å². The lowest BCUT2D eigenvalue weighted by Gasteiger charge is -2.04. The van der Waals surface area contributed by atoms with Crippen molar-refractivity contribution in [1.82, 2.24) is 9.78 Å². The first-order valence-electron chi connectivity index (χ1n) is 6.25. The van der Waals surface area contributed by atoms with Gasteiger partial charge < -0.3 is 10.2 Å². The molecule has 3 N–H and O–H groups in total. The molecule has 1 heterocycles. The van der Waals surface area contributed by atoms with Crippen LogP contribution in [0, 0.1) is 0 Å². The molecule has 20 heavy (non-hydrogen) atoms.